The van der Waals surface area contributed by atoms with E-state index >= 15 is 0 Å². The predicted molar refractivity (Wildman–Crippen MR) is 117 cm³/mol. The standard InChI is InChI=1S/C23H21NO6S/c1-13(22(25)24-15-9-16(27-2)11-17(10-15)28-3)30-23(26)20-8-14-12-29-19-7-5-4-6-18(19)21(14)31-20/h4-11,13H,12H2,1-3H3,(H,24,25). The number of anilines is 1. The Hall–Kier alpha value is -3.52. The molecule has 31 heavy (non-hydrogen) atoms. The minimum Gasteiger partial charge on any atom is -0.497 e. The zero-order valence-electron chi connectivity index (χ0n) is 17.3. The van der Waals surface area contributed by atoms with Crippen LogP contribution in [0.15, 0.2) is 48.5 Å². The lowest BCUT2D eigenvalue weighted by molar-refractivity contribution is -0.123. The van der Waals surface area contributed by atoms with Crippen LogP contribution in [-0.4, -0.2) is 32.2 Å². The Kier molecular flexibility index (Phi) is 5.81. The van der Waals surface area contributed by atoms with Crippen molar-refractivity contribution in [2.24, 2.45) is 0 Å². The highest BCUT2D eigenvalue weighted by Gasteiger charge is 2.25. The lowest BCUT2D eigenvalue weighted by Gasteiger charge is -2.16. The van der Waals surface area contributed by atoms with Gasteiger partial charge in [-0.3, -0.25) is 4.79 Å². The molecule has 7 nitrogen and oxygen atoms in total. The summed E-state index contributed by atoms with van der Waals surface area (Å²) in [6, 6.07) is 14.4. The number of amides is 1. The third-order valence-electron chi connectivity index (χ3n) is 4.80. The molecule has 1 aliphatic rings. The minimum atomic E-state index is -0.993. The predicted octanol–water partition coefficient (Wildman–Crippen LogP) is 4.51. The second kappa shape index (κ2) is 8.69. The second-order valence-electron chi connectivity index (χ2n) is 6.89. The van der Waals surface area contributed by atoms with Crippen molar-refractivity contribution < 1.29 is 28.5 Å². The van der Waals surface area contributed by atoms with Gasteiger partial charge in [0.1, 0.15) is 28.7 Å². The van der Waals surface area contributed by atoms with Crippen molar-refractivity contribution in [2.75, 3.05) is 19.5 Å². The molecule has 1 N–H and O–H groups in total. The fourth-order valence-corrected chi connectivity index (χ4v) is 4.28. The molecule has 8 heteroatoms. The molecule has 4 rings (SSSR count). The minimum absolute atomic E-state index is 0.393. The molecule has 0 bridgehead atoms. The van der Waals surface area contributed by atoms with Crippen molar-refractivity contribution in [1.29, 1.82) is 0 Å². The van der Waals surface area contributed by atoms with Crippen LogP contribution in [0.2, 0.25) is 0 Å². The number of esters is 1. The van der Waals surface area contributed by atoms with Crippen LogP contribution in [0.5, 0.6) is 17.2 Å². The number of ether oxygens (including phenoxy) is 4. The topological polar surface area (TPSA) is 83.1 Å². The van der Waals surface area contributed by atoms with Crippen molar-refractivity contribution in [3.63, 3.8) is 0 Å². The van der Waals surface area contributed by atoms with E-state index in [1.165, 1.54) is 32.5 Å². The van der Waals surface area contributed by atoms with Gasteiger partial charge in [-0.05, 0) is 25.1 Å². The van der Waals surface area contributed by atoms with E-state index in [9.17, 15) is 9.59 Å². The number of thiophene rings is 1. The van der Waals surface area contributed by atoms with Crippen molar-refractivity contribution in [3.8, 4) is 27.7 Å². The Balaban J connectivity index is 1.45. The quantitative estimate of drug-likeness (QED) is 0.569. The number of hydrogen-bond acceptors (Lipinski definition) is 7. The third-order valence-corrected chi connectivity index (χ3v) is 5.99. The number of fused-ring (bicyclic) bond motifs is 3. The van der Waals surface area contributed by atoms with E-state index in [4.69, 9.17) is 18.9 Å². The van der Waals surface area contributed by atoms with Gasteiger partial charge >= 0.3 is 5.97 Å². The van der Waals surface area contributed by atoms with Gasteiger partial charge in [0.25, 0.3) is 5.91 Å². The first-order chi connectivity index (χ1) is 15.0. The zero-order chi connectivity index (χ0) is 22.0. The number of para-hydroxylation sites is 1. The highest BCUT2D eigenvalue weighted by molar-refractivity contribution is 7.17. The maximum absolute atomic E-state index is 12.7. The lowest BCUT2D eigenvalue weighted by atomic mass is 10.1. The summed E-state index contributed by atoms with van der Waals surface area (Å²) in [7, 11) is 3.05. The molecule has 160 valence electrons. The molecule has 0 saturated carbocycles. The van der Waals surface area contributed by atoms with E-state index in [0.29, 0.717) is 28.7 Å². The largest absolute Gasteiger partial charge is 0.497 e. The summed E-state index contributed by atoms with van der Waals surface area (Å²) < 4.78 is 21.5. The van der Waals surface area contributed by atoms with Gasteiger partial charge in [0.05, 0.1) is 14.2 Å². The smallest absolute Gasteiger partial charge is 0.349 e. The monoisotopic (exact) mass is 439 g/mol. The molecule has 0 saturated heterocycles. The molecule has 1 unspecified atom stereocenters. The molecule has 0 spiro atoms. The van der Waals surface area contributed by atoms with Gasteiger partial charge < -0.3 is 24.3 Å². The van der Waals surface area contributed by atoms with Gasteiger partial charge in [-0.1, -0.05) is 12.1 Å². The summed E-state index contributed by atoms with van der Waals surface area (Å²) in [6.07, 6.45) is -0.993. The molecule has 2 aromatic carbocycles. The Morgan fingerprint density at radius 3 is 2.48 bits per heavy atom. The molecule has 1 atom stereocenters. The van der Waals surface area contributed by atoms with Crippen LogP contribution in [-0.2, 0) is 16.1 Å². The molecular formula is C23H21NO6S. The first kappa shape index (κ1) is 20.7. The van der Waals surface area contributed by atoms with Crippen LogP contribution in [0.3, 0.4) is 0 Å². The lowest BCUT2D eigenvalue weighted by Crippen LogP contribution is -2.29. The van der Waals surface area contributed by atoms with Crippen LogP contribution in [0.25, 0.3) is 10.4 Å². The molecule has 3 aromatic rings. The fraction of sp³-hybridized carbons (Fsp3) is 0.217. The van der Waals surface area contributed by atoms with Crippen LogP contribution in [0.4, 0.5) is 5.69 Å². The van der Waals surface area contributed by atoms with Gasteiger partial charge in [-0.25, -0.2) is 4.79 Å². The fourth-order valence-electron chi connectivity index (χ4n) is 3.20. The first-order valence-corrected chi connectivity index (χ1v) is 10.4. The van der Waals surface area contributed by atoms with E-state index in [0.717, 1.165) is 21.8 Å². The molecule has 1 amide bonds. The third kappa shape index (κ3) is 4.34. The maximum Gasteiger partial charge on any atom is 0.349 e. The van der Waals surface area contributed by atoms with Gasteiger partial charge in [0.2, 0.25) is 0 Å². The first-order valence-electron chi connectivity index (χ1n) is 9.58. The summed E-state index contributed by atoms with van der Waals surface area (Å²) in [5.74, 6) is 0.844. The van der Waals surface area contributed by atoms with Crippen molar-refractivity contribution >= 4 is 28.9 Å². The SMILES string of the molecule is COc1cc(NC(=O)C(C)OC(=O)c2cc3c(s2)-c2ccccc2OC3)cc(OC)c1. The number of nitrogens with one attached hydrogen (secondary N) is 1. The van der Waals surface area contributed by atoms with E-state index in [1.807, 2.05) is 24.3 Å². The van der Waals surface area contributed by atoms with Crippen molar-refractivity contribution in [2.45, 2.75) is 19.6 Å². The Morgan fingerprint density at radius 2 is 1.77 bits per heavy atom. The van der Waals surface area contributed by atoms with E-state index in [2.05, 4.69) is 5.32 Å². The number of hydrogen-bond donors (Lipinski definition) is 1. The number of methoxy groups -OCH3 is 2. The average molecular weight is 439 g/mol. The van der Waals surface area contributed by atoms with Crippen molar-refractivity contribution in [1.82, 2.24) is 0 Å². The Labute approximate surface area is 183 Å². The normalized spacial score (nSPS) is 12.6. The molecule has 2 heterocycles. The number of carbonyl (C=O) groups excluding carboxylic acids is 2. The summed E-state index contributed by atoms with van der Waals surface area (Å²) in [4.78, 5) is 26.6. The van der Waals surface area contributed by atoms with Crippen LogP contribution < -0.4 is 19.5 Å². The van der Waals surface area contributed by atoms with Crippen LogP contribution >= 0.6 is 11.3 Å². The zero-order valence-corrected chi connectivity index (χ0v) is 18.1. The number of carbonyl (C=O) groups is 2. The maximum atomic E-state index is 12.7. The van der Waals surface area contributed by atoms with Crippen LogP contribution in [0.1, 0.15) is 22.2 Å². The Morgan fingerprint density at radius 1 is 1.06 bits per heavy atom. The summed E-state index contributed by atoms with van der Waals surface area (Å²) >= 11 is 1.33. The van der Waals surface area contributed by atoms with Gasteiger partial charge in [0, 0.05) is 39.9 Å². The second-order valence-corrected chi connectivity index (χ2v) is 7.94. The Bertz CT molecular complexity index is 1120. The molecule has 0 fully saturated rings. The summed E-state index contributed by atoms with van der Waals surface area (Å²) in [6.45, 7) is 1.92. The highest BCUT2D eigenvalue weighted by atomic mass is 32.1. The molecule has 1 aromatic heterocycles. The molecule has 0 aliphatic carbocycles. The summed E-state index contributed by atoms with van der Waals surface area (Å²) in [5.41, 5.74) is 2.35. The number of benzene rings is 2. The highest BCUT2D eigenvalue weighted by Crippen LogP contribution is 2.42. The van der Waals surface area contributed by atoms with Gasteiger partial charge in [-0.2, -0.15) is 0 Å². The van der Waals surface area contributed by atoms with E-state index in [-0.39, 0.29) is 0 Å². The average Bonchev–Trinajstić information content (AvgIpc) is 3.23. The van der Waals surface area contributed by atoms with Gasteiger partial charge in [-0.15, -0.1) is 11.3 Å². The molecular weight excluding hydrogens is 418 g/mol. The number of rotatable bonds is 6. The molecule has 1 aliphatic heterocycles. The molecule has 0 radical (unpaired) electrons. The van der Waals surface area contributed by atoms with Crippen LogP contribution in [0, 0.1) is 0 Å². The van der Waals surface area contributed by atoms with E-state index < -0.39 is 18.0 Å². The van der Waals surface area contributed by atoms with Crippen molar-refractivity contribution in [3.05, 3.63) is 59.0 Å². The van der Waals surface area contributed by atoms with Gasteiger partial charge in [0.15, 0.2) is 6.10 Å². The van der Waals surface area contributed by atoms with E-state index in [1.54, 1.807) is 24.3 Å². The summed E-state index contributed by atoms with van der Waals surface area (Å²) in [5, 5.41) is 2.72.